The number of anilines is 2. The summed E-state index contributed by atoms with van der Waals surface area (Å²) < 4.78 is 7.45. The fourth-order valence-corrected chi connectivity index (χ4v) is 2.00. The molecular formula is C15H22N4O. The first kappa shape index (κ1) is 14.2. The van der Waals surface area contributed by atoms with Crippen LogP contribution in [0.2, 0.25) is 0 Å². The highest BCUT2D eigenvalue weighted by molar-refractivity contribution is 5.61. The molecule has 2 aromatic rings. The van der Waals surface area contributed by atoms with Crippen LogP contribution >= 0.6 is 0 Å². The quantitative estimate of drug-likeness (QED) is 0.795. The van der Waals surface area contributed by atoms with Crippen molar-refractivity contribution in [3.8, 4) is 5.75 Å². The molecule has 108 valence electrons. The molecule has 1 aromatic heterocycles. The van der Waals surface area contributed by atoms with Crippen LogP contribution < -0.4 is 15.8 Å². The van der Waals surface area contributed by atoms with Crippen molar-refractivity contribution in [2.75, 3.05) is 17.7 Å². The lowest BCUT2D eigenvalue weighted by Crippen LogP contribution is -2.03. The normalized spacial score (nSPS) is 10.6. The number of nitrogens with two attached hydrogens (primary N) is 1. The molecule has 1 heterocycles. The van der Waals surface area contributed by atoms with E-state index in [4.69, 9.17) is 10.5 Å². The molecule has 5 nitrogen and oxygen atoms in total. The second-order valence-corrected chi connectivity index (χ2v) is 4.87. The van der Waals surface area contributed by atoms with E-state index in [0.717, 1.165) is 30.1 Å². The zero-order valence-corrected chi connectivity index (χ0v) is 12.3. The van der Waals surface area contributed by atoms with Crippen LogP contribution in [-0.2, 0) is 13.6 Å². The highest BCUT2D eigenvalue weighted by Gasteiger charge is 2.05. The molecule has 0 fully saturated rings. The summed E-state index contributed by atoms with van der Waals surface area (Å²) in [6.45, 7) is 5.49. The molecule has 0 spiro atoms. The molecule has 0 bridgehead atoms. The highest BCUT2D eigenvalue weighted by Crippen LogP contribution is 2.26. The third-order valence-corrected chi connectivity index (χ3v) is 3.07. The molecule has 0 amide bonds. The minimum Gasteiger partial charge on any atom is -0.491 e. The van der Waals surface area contributed by atoms with E-state index in [0.29, 0.717) is 12.3 Å². The van der Waals surface area contributed by atoms with Crippen LogP contribution in [0.3, 0.4) is 0 Å². The van der Waals surface area contributed by atoms with Crippen LogP contribution in [0.1, 0.15) is 24.6 Å². The van der Waals surface area contributed by atoms with Crippen molar-refractivity contribution >= 4 is 11.4 Å². The number of hydrogen-bond acceptors (Lipinski definition) is 4. The number of rotatable bonds is 6. The van der Waals surface area contributed by atoms with Crippen molar-refractivity contribution in [2.45, 2.75) is 26.8 Å². The third kappa shape index (κ3) is 3.44. The first-order valence-corrected chi connectivity index (χ1v) is 6.85. The van der Waals surface area contributed by atoms with Crippen LogP contribution in [0, 0.1) is 6.92 Å². The van der Waals surface area contributed by atoms with Gasteiger partial charge in [0.05, 0.1) is 18.0 Å². The summed E-state index contributed by atoms with van der Waals surface area (Å²) >= 11 is 0. The summed E-state index contributed by atoms with van der Waals surface area (Å²) in [7, 11) is 1.93. The average Bonchev–Trinajstić information content (AvgIpc) is 2.74. The number of aromatic nitrogens is 2. The predicted octanol–water partition coefficient (Wildman–Crippen LogP) is 2.71. The molecule has 3 N–H and O–H groups in total. The molecule has 0 saturated heterocycles. The van der Waals surface area contributed by atoms with Crippen molar-refractivity contribution < 1.29 is 4.74 Å². The van der Waals surface area contributed by atoms with Crippen LogP contribution in [0.25, 0.3) is 0 Å². The molecule has 1 aromatic carbocycles. The summed E-state index contributed by atoms with van der Waals surface area (Å²) in [4.78, 5) is 0. The number of hydrogen-bond donors (Lipinski definition) is 2. The Balaban J connectivity index is 2.04. The molecule has 5 heteroatoms. The predicted molar refractivity (Wildman–Crippen MR) is 81.9 cm³/mol. The summed E-state index contributed by atoms with van der Waals surface area (Å²) in [6.07, 6.45) is 2.99. The van der Waals surface area contributed by atoms with Gasteiger partial charge in [-0.05, 0) is 25.5 Å². The molecule has 0 radical (unpaired) electrons. The maximum Gasteiger partial charge on any atom is 0.144 e. The molecule has 0 aliphatic rings. The monoisotopic (exact) mass is 274 g/mol. The smallest absolute Gasteiger partial charge is 0.144 e. The SMILES string of the molecule is CCCOc1cc(NCc2cn(C)nc2C)ccc1N. The largest absolute Gasteiger partial charge is 0.491 e. The highest BCUT2D eigenvalue weighted by atomic mass is 16.5. The van der Waals surface area contributed by atoms with Crippen molar-refractivity contribution in [3.05, 3.63) is 35.7 Å². The van der Waals surface area contributed by atoms with Gasteiger partial charge in [0, 0.05) is 37.1 Å². The average molecular weight is 274 g/mol. The van der Waals surface area contributed by atoms with Gasteiger partial charge in [-0.3, -0.25) is 4.68 Å². The van der Waals surface area contributed by atoms with E-state index in [2.05, 4.69) is 17.3 Å². The lowest BCUT2D eigenvalue weighted by Gasteiger charge is -2.11. The van der Waals surface area contributed by atoms with Gasteiger partial charge < -0.3 is 15.8 Å². The van der Waals surface area contributed by atoms with Gasteiger partial charge in [0.15, 0.2) is 0 Å². The van der Waals surface area contributed by atoms with E-state index >= 15 is 0 Å². The first-order valence-electron chi connectivity index (χ1n) is 6.85. The maximum atomic E-state index is 5.90. The van der Waals surface area contributed by atoms with Crippen LogP contribution in [-0.4, -0.2) is 16.4 Å². The van der Waals surface area contributed by atoms with E-state index in [9.17, 15) is 0 Å². The molecule has 2 rings (SSSR count). The number of nitrogens with zero attached hydrogens (tertiary/aromatic N) is 2. The zero-order valence-electron chi connectivity index (χ0n) is 12.3. The Hall–Kier alpha value is -2.17. The molecule has 0 aliphatic carbocycles. The van der Waals surface area contributed by atoms with Gasteiger partial charge in [-0.15, -0.1) is 0 Å². The van der Waals surface area contributed by atoms with E-state index in [1.807, 2.05) is 43.0 Å². The summed E-state index contributed by atoms with van der Waals surface area (Å²) in [5.74, 6) is 0.736. The van der Waals surface area contributed by atoms with Gasteiger partial charge in [0.2, 0.25) is 0 Å². The fourth-order valence-electron chi connectivity index (χ4n) is 2.00. The molecular weight excluding hydrogens is 252 g/mol. The van der Waals surface area contributed by atoms with Crippen LogP contribution in [0.15, 0.2) is 24.4 Å². The lowest BCUT2D eigenvalue weighted by atomic mass is 10.2. The lowest BCUT2D eigenvalue weighted by molar-refractivity contribution is 0.319. The van der Waals surface area contributed by atoms with Crippen molar-refractivity contribution in [2.24, 2.45) is 7.05 Å². The second kappa shape index (κ2) is 6.32. The maximum absolute atomic E-state index is 5.90. The van der Waals surface area contributed by atoms with Gasteiger partial charge in [-0.1, -0.05) is 6.92 Å². The molecule has 0 atom stereocenters. The Labute approximate surface area is 119 Å². The van der Waals surface area contributed by atoms with Crippen molar-refractivity contribution in [3.63, 3.8) is 0 Å². The van der Waals surface area contributed by atoms with E-state index in [1.54, 1.807) is 0 Å². The standard InChI is InChI=1S/C15H22N4O/c1-4-7-20-15-8-13(5-6-14(15)16)17-9-12-10-19(3)18-11(12)2/h5-6,8,10,17H,4,7,9,16H2,1-3H3. The Morgan fingerprint density at radius 2 is 2.20 bits per heavy atom. The van der Waals surface area contributed by atoms with Crippen molar-refractivity contribution in [1.82, 2.24) is 9.78 Å². The van der Waals surface area contributed by atoms with Gasteiger partial charge in [-0.2, -0.15) is 5.10 Å². The van der Waals surface area contributed by atoms with Gasteiger partial charge in [0.25, 0.3) is 0 Å². The number of ether oxygens (including phenoxy) is 1. The topological polar surface area (TPSA) is 65.1 Å². The Morgan fingerprint density at radius 1 is 1.40 bits per heavy atom. The van der Waals surface area contributed by atoms with E-state index in [-0.39, 0.29) is 0 Å². The van der Waals surface area contributed by atoms with Crippen molar-refractivity contribution in [1.29, 1.82) is 0 Å². The Kier molecular flexibility index (Phi) is 4.50. The second-order valence-electron chi connectivity index (χ2n) is 4.87. The summed E-state index contributed by atoms with van der Waals surface area (Å²) in [6, 6.07) is 5.76. The van der Waals surface area contributed by atoms with Crippen LogP contribution in [0.4, 0.5) is 11.4 Å². The van der Waals surface area contributed by atoms with Gasteiger partial charge in [-0.25, -0.2) is 0 Å². The first-order chi connectivity index (χ1) is 9.60. The fraction of sp³-hybridized carbons (Fsp3) is 0.400. The number of nitrogen functional groups attached to an aromatic ring is 1. The molecule has 0 saturated carbocycles. The Bertz CT molecular complexity index is 577. The zero-order chi connectivity index (χ0) is 14.5. The van der Waals surface area contributed by atoms with Gasteiger partial charge in [0.1, 0.15) is 5.75 Å². The number of aryl methyl sites for hydroxylation is 2. The minimum atomic E-state index is 0.668. The minimum absolute atomic E-state index is 0.668. The summed E-state index contributed by atoms with van der Waals surface area (Å²) in [5, 5.41) is 7.70. The molecule has 20 heavy (non-hydrogen) atoms. The molecule has 0 aliphatic heterocycles. The van der Waals surface area contributed by atoms with E-state index < -0.39 is 0 Å². The summed E-state index contributed by atoms with van der Waals surface area (Å²) in [5.41, 5.74) is 9.78. The van der Waals surface area contributed by atoms with Gasteiger partial charge >= 0.3 is 0 Å². The Morgan fingerprint density at radius 3 is 2.85 bits per heavy atom. The molecule has 0 unspecified atom stereocenters. The number of benzene rings is 1. The third-order valence-electron chi connectivity index (χ3n) is 3.07. The van der Waals surface area contributed by atoms with Crippen LogP contribution in [0.5, 0.6) is 5.75 Å². The number of nitrogens with one attached hydrogen (secondary N) is 1. The van der Waals surface area contributed by atoms with E-state index in [1.165, 1.54) is 5.56 Å².